The second kappa shape index (κ2) is 8.83. The van der Waals surface area contributed by atoms with Crippen molar-refractivity contribution in [3.05, 3.63) is 50.6 Å². The average Bonchev–Trinajstić information content (AvgIpc) is 3.31. The van der Waals surface area contributed by atoms with Crippen LogP contribution >= 0.6 is 27.3 Å². The first-order valence-corrected chi connectivity index (χ1v) is 11.7. The molecule has 1 aliphatic rings. The van der Waals surface area contributed by atoms with Crippen molar-refractivity contribution in [1.82, 2.24) is 9.62 Å². The molecule has 1 unspecified atom stereocenters. The van der Waals surface area contributed by atoms with Crippen LogP contribution in [-0.4, -0.2) is 45.5 Å². The molecule has 1 aliphatic heterocycles. The third kappa shape index (κ3) is 5.39. The Hall–Kier alpha value is -1.26. The molecule has 0 aliphatic carbocycles. The van der Waals surface area contributed by atoms with Gasteiger partial charge in [0.25, 0.3) is 5.91 Å². The third-order valence-electron chi connectivity index (χ3n) is 4.28. The second-order valence-electron chi connectivity index (χ2n) is 6.41. The lowest BCUT2D eigenvalue weighted by atomic mass is 10.2. The predicted octanol–water partition coefficient (Wildman–Crippen LogP) is 3.24. The van der Waals surface area contributed by atoms with Crippen LogP contribution in [-0.2, 0) is 21.3 Å². The molecule has 1 N–H and O–H groups in total. The highest BCUT2D eigenvalue weighted by Crippen LogP contribution is 2.22. The highest BCUT2D eigenvalue weighted by Gasteiger charge is 2.22. The minimum atomic E-state index is -3.69. The molecule has 3 rings (SSSR count). The van der Waals surface area contributed by atoms with E-state index >= 15 is 0 Å². The van der Waals surface area contributed by atoms with Crippen molar-refractivity contribution < 1.29 is 17.9 Å². The molecule has 1 amide bonds. The normalized spacial score (nSPS) is 17.2. The summed E-state index contributed by atoms with van der Waals surface area (Å²) in [7, 11) is -1.99. The molecule has 9 heteroatoms. The number of rotatable bonds is 7. The summed E-state index contributed by atoms with van der Waals surface area (Å²) in [6, 6.07) is 8.09. The predicted molar refractivity (Wildman–Crippen MR) is 108 cm³/mol. The van der Waals surface area contributed by atoms with E-state index in [0.29, 0.717) is 18.7 Å². The van der Waals surface area contributed by atoms with E-state index in [1.165, 1.54) is 12.1 Å². The average molecular weight is 473 g/mol. The van der Waals surface area contributed by atoms with Crippen molar-refractivity contribution in [2.24, 2.45) is 0 Å². The Balaban J connectivity index is 1.68. The van der Waals surface area contributed by atoms with E-state index < -0.39 is 10.0 Å². The number of carbonyl (C=O) groups is 1. The van der Waals surface area contributed by atoms with Crippen LogP contribution in [0.25, 0.3) is 0 Å². The van der Waals surface area contributed by atoms with Gasteiger partial charge in [-0.3, -0.25) is 4.79 Å². The largest absolute Gasteiger partial charge is 0.377 e. The van der Waals surface area contributed by atoms with E-state index in [4.69, 9.17) is 4.74 Å². The van der Waals surface area contributed by atoms with Crippen molar-refractivity contribution in [2.75, 3.05) is 20.2 Å². The summed E-state index contributed by atoms with van der Waals surface area (Å²) in [4.78, 5) is 15.4. The molecule has 1 saturated heterocycles. The molecule has 6 nitrogen and oxygen atoms in total. The van der Waals surface area contributed by atoms with E-state index in [2.05, 4.69) is 20.7 Å². The molecule has 1 aromatic heterocycles. The highest BCUT2D eigenvalue weighted by molar-refractivity contribution is 9.10. The maximum absolute atomic E-state index is 12.7. The van der Waals surface area contributed by atoms with Gasteiger partial charge in [-0.05, 0) is 53.0 Å². The summed E-state index contributed by atoms with van der Waals surface area (Å²) in [5, 5.41) is 1.96. The zero-order valence-electron chi connectivity index (χ0n) is 14.9. The topological polar surface area (TPSA) is 75.7 Å². The number of halogens is 1. The fraction of sp³-hybridized carbons (Fsp3) is 0.389. The fourth-order valence-corrected chi connectivity index (χ4v) is 5.47. The Morgan fingerprint density at radius 2 is 2.22 bits per heavy atom. The van der Waals surface area contributed by atoms with Crippen molar-refractivity contribution in [1.29, 1.82) is 0 Å². The number of amides is 1. The standard InChI is InChI=1S/C18H21BrN2O4S2/c1-21(11-16-9-14(19)12-26-16)18(22)13-4-2-6-17(8-13)27(23,24)20-10-15-5-3-7-25-15/h2,4,6,8-9,12,15,20H,3,5,7,10-11H2,1H3. The van der Waals surface area contributed by atoms with E-state index in [1.807, 2.05) is 11.4 Å². The zero-order chi connectivity index (χ0) is 19.4. The summed E-state index contributed by atoms with van der Waals surface area (Å²) < 4.78 is 34.1. The first kappa shape index (κ1) is 20.5. The number of nitrogens with one attached hydrogen (secondary N) is 1. The molecular weight excluding hydrogens is 452 g/mol. The first-order chi connectivity index (χ1) is 12.8. The number of hydrogen-bond donors (Lipinski definition) is 1. The quantitative estimate of drug-likeness (QED) is 0.670. The summed E-state index contributed by atoms with van der Waals surface area (Å²) in [5.74, 6) is -0.226. The van der Waals surface area contributed by atoms with Crippen molar-refractivity contribution in [2.45, 2.75) is 30.4 Å². The van der Waals surface area contributed by atoms with Gasteiger partial charge in [-0.1, -0.05) is 6.07 Å². The molecule has 27 heavy (non-hydrogen) atoms. The smallest absolute Gasteiger partial charge is 0.253 e. The van der Waals surface area contributed by atoms with Crippen molar-refractivity contribution in [3.63, 3.8) is 0 Å². The third-order valence-corrected chi connectivity index (χ3v) is 7.38. The van der Waals surface area contributed by atoms with Gasteiger partial charge in [-0.25, -0.2) is 13.1 Å². The van der Waals surface area contributed by atoms with Crippen LogP contribution in [0.2, 0.25) is 0 Å². The van der Waals surface area contributed by atoms with Crippen molar-refractivity contribution in [3.8, 4) is 0 Å². The minimum absolute atomic E-state index is 0.0821. The van der Waals surface area contributed by atoms with E-state index in [9.17, 15) is 13.2 Å². The second-order valence-corrected chi connectivity index (χ2v) is 10.1. The van der Waals surface area contributed by atoms with Crippen LogP contribution in [0.15, 0.2) is 45.1 Å². The summed E-state index contributed by atoms with van der Waals surface area (Å²) in [5.41, 5.74) is 0.341. The van der Waals surface area contributed by atoms with Gasteiger partial charge in [0.15, 0.2) is 0 Å². The Kier molecular flexibility index (Phi) is 6.69. The van der Waals surface area contributed by atoms with Crippen LogP contribution in [0, 0.1) is 0 Å². The lowest BCUT2D eigenvalue weighted by Crippen LogP contribution is -2.32. The molecule has 1 fully saturated rings. The lowest BCUT2D eigenvalue weighted by Gasteiger charge is -2.17. The number of thiophene rings is 1. The molecule has 0 radical (unpaired) electrons. The summed E-state index contributed by atoms with van der Waals surface area (Å²) in [6.07, 6.45) is 1.72. The van der Waals surface area contributed by atoms with Crippen LogP contribution in [0.3, 0.4) is 0 Å². The number of sulfonamides is 1. The van der Waals surface area contributed by atoms with Crippen LogP contribution < -0.4 is 4.72 Å². The number of nitrogens with zero attached hydrogens (tertiary/aromatic N) is 1. The Bertz CT molecular complexity index is 908. The van der Waals surface area contributed by atoms with Crippen molar-refractivity contribution >= 4 is 43.2 Å². The number of benzene rings is 1. The van der Waals surface area contributed by atoms with Gasteiger partial charge in [0.2, 0.25) is 10.0 Å². The molecule has 1 atom stereocenters. The first-order valence-electron chi connectivity index (χ1n) is 8.55. The maximum Gasteiger partial charge on any atom is 0.253 e. The number of hydrogen-bond acceptors (Lipinski definition) is 5. The van der Waals surface area contributed by atoms with Gasteiger partial charge < -0.3 is 9.64 Å². The number of ether oxygens (including phenoxy) is 1. The molecule has 0 spiro atoms. The maximum atomic E-state index is 12.7. The van der Waals surface area contributed by atoms with E-state index in [1.54, 1.807) is 35.4 Å². The SMILES string of the molecule is CN(Cc1cc(Br)cs1)C(=O)c1cccc(S(=O)(=O)NCC2CCCO2)c1. The minimum Gasteiger partial charge on any atom is -0.377 e. The lowest BCUT2D eigenvalue weighted by molar-refractivity contribution is 0.0786. The van der Waals surface area contributed by atoms with Crippen LogP contribution in [0.1, 0.15) is 28.1 Å². The molecule has 1 aromatic carbocycles. The fourth-order valence-electron chi connectivity index (χ4n) is 2.85. The van der Waals surface area contributed by atoms with Gasteiger partial charge >= 0.3 is 0 Å². The zero-order valence-corrected chi connectivity index (χ0v) is 18.1. The molecule has 146 valence electrons. The number of carbonyl (C=O) groups excluding carboxylic acids is 1. The Morgan fingerprint density at radius 1 is 1.41 bits per heavy atom. The van der Waals surface area contributed by atoms with Gasteiger partial charge in [-0.2, -0.15) is 0 Å². The van der Waals surface area contributed by atoms with Gasteiger partial charge in [0.1, 0.15) is 0 Å². The monoisotopic (exact) mass is 472 g/mol. The molecule has 2 aromatic rings. The molecule has 0 saturated carbocycles. The summed E-state index contributed by atoms with van der Waals surface area (Å²) >= 11 is 4.96. The van der Waals surface area contributed by atoms with Crippen LogP contribution in [0.5, 0.6) is 0 Å². The van der Waals surface area contributed by atoms with Gasteiger partial charge in [-0.15, -0.1) is 11.3 Å². The van der Waals surface area contributed by atoms with Gasteiger partial charge in [0.05, 0.1) is 17.5 Å². The molecule has 2 heterocycles. The van der Waals surface area contributed by atoms with Crippen LogP contribution in [0.4, 0.5) is 0 Å². The molecular formula is C18H21BrN2O4S2. The van der Waals surface area contributed by atoms with E-state index in [0.717, 1.165) is 22.2 Å². The summed E-state index contributed by atoms with van der Waals surface area (Å²) in [6.45, 7) is 1.38. The Labute approximate surface area is 171 Å². The highest BCUT2D eigenvalue weighted by atomic mass is 79.9. The molecule has 0 bridgehead atoms. The van der Waals surface area contributed by atoms with Gasteiger partial charge in [0, 0.05) is 40.5 Å². The van der Waals surface area contributed by atoms with E-state index in [-0.39, 0.29) is 23.5 Å². The Morgan fingerprint density at radius 3 is 2.89 bits per heavy atom.